The number of rotatable bonds is 4. The first-order valence-electron chi connectivity index (χ1n) is 20.5. The van der Waals surface area contributed by atoms with Crippen LogP contribution in [0.4, 0.5) is 17.1 Å². The number of hydrogen-bond donors (Lipinski definition) is 0. The SMILES string of the molecule is CC1(C)c2cc(N(c3ccccc3)c3ccc4c5c(ccc4c3)-c3ccc4ccccc4c3C5(C)C)ccc2-c2cc3c(cc21)c1ccccc1n3-c1ccccc1. The number of benzene rings is 9. The van der Waals surface area contributed by atoms with Crippen LogP contribution in [0.2, 0.25) is 0 Å². The van der Waals surface area contributed by atoms with Gasteiger partial charge in [0.1, 0.15) is 0 Å². The Labute approximate surface area is 339 Å². The summed E-state index contributed by atoms with van der Waals surface area (Å²) in [6.07, 6.45) is 0. The van der Waals surface area contributed by atoms with Gasteiger partial charge in [0.2, 0.25) is 0 Å². The van der Waals surface area contributed by atoms with E-state index in [1.54, 1.807) is 0 Å². The Hall–Kier alpha value is -6.90. The Morgan fingerprint density at radius 2 is 0.948 bits per heavy atom. The molecule has 0 fully saturated rings. The van der Waals surface area contributed by atoms with Crippen molar-refractivity contribution in [3.63, 3.8) is 0 Å². The van der Waals surface area contributed by atoms with Crippen molar-refractivity contribution in [2.45, 2.75) is 38.5 Å². The Bertz CT molecular complexity index is 3330. The summed E-state index contributed by atoms with van der Waals surface area (Å²) in [7, 11) is 0. The summed E-state index contributed by atoms with van der Waals surface area (Å²) in [5.41, 5.74) is 17.7. The number of nitrogens with zero attached hydrogens (tertiary/aromatic N) is 2. The normalized spacial score (nSPS) is 14.5. The van der Waals surface area contributed by atoms with Crippen molar-refractivity contribution in [3.05, 3.63) is 204 Å². The van der Waals surface area contributed by atoms with Crippen molar-refractivity contribution in [1.82, 2.24) is 4.57 Å². The summed E-state index contributed by atoms with van der Waals surface area (Å²) >= 11 is 0. The Morgan fingerprint density at radius 3 is 1.72 bits per heavy atom. The van der Waals surface area contributed by atoms with Gasteiger partial charge in [0, 0.05) is 44.4 Å². The van der Waals surface area contributed by atoms with Crippen LogP contribution in [0.3, 0.4) is 0 Å². The summed E-state index contributed by atoms with van der Waals surface area (Å²) in [5.74, 6) is 0. The van der Waals surface area contributed by atoms with Crippen molar-refractivity contribution in [3.8, 4) is 27.9 Å². The van der Waals surface area contributed by atoms with Crippen LogP contribution in [0.1, 0.15) is 49.9 Å². The molecule has 2 aliphatic rings. The largest absolute Gasteiger partial charge is 0.310 e. The second kappa shape index (κ2) is 11.8. The van der Waals surface area contributed by atoms with Crippen LogP contribution in [-0.4, -0.2) is 4.57 Å². The fourth-order valence-electron chi connectivity index (χ4n) is 10.9. The highest BCUT2D eigenvalue weighted by atomic mass is 15.1. The molecule has 0 aliphatic heterocycles. The summed E-state index contributed by atoms with van der Waals surface area (Å²) in [4.78, 5) is 2.44. The monoisotopic (exact) mass is 742 g/mol. The summed E-state index contributed by atoms with van der Waals surface area (Å²) in [6, 6.07) is 67.8. The predicted octanol–water partition coefficient (Wildman–Crippen LogP) is 15.2. The Morgan fingerprint density at radius 1 is 0.362 bits per heavy atom. The highest BCUT2D eigenvalue weighted by Crippen LogP contribution is 2.55. The summed E-state index contributed by atoms with van der Waals surface area (Å²) in [6.45, 7) is 9.61. The first-order valence-corrected chi connectivity index (χ1v) is 20.5. The second-order valence-electron chi connectivity index (χ2n) is 17.4. The zero-order valence-electron chi connectivity index (χ0n) is 33.2. The third kappa shape index (κ3) is 4.49. The summed E-state index contributed by atoms with van der Waals surface area (Å²) in [5, 5.41) is 7.82. The van der Waals surface area contributed by atoms with Gasteiger partial charge in [-0.25, -0.2) is 0 Å². The average Bonchev–Trinajstić information content (AvgIpc) is 3.80. The molecular weight excluding hydrogens is 701 g/mol. The lowest BCUT2D eigenvalue weighted by Gasteiger charge is -2.29. The molecule has 0 atom stereocenters. The third-order valence-electron chi connectivity index (χ3n) is 13.5. The van der Waals surface area contributed by atoms with Crippen LogP contribution in [-0.2, 0) is 10.8 Å². The third-order valence-corrected chi connectivity index (χ3v) is 13.5. The van der Waals surface area contributed by atoms with E-state index >= 15 is 0 Å². The van der Waals surface area contributed by atoms with Gasteiger partial charge in [0.15, 0.2) is 0 Å². The van der Waals surface area contributed by atoms with Gasteiger partial charge < -0.3 is 9.47 Å². The molecule has 12 rings (SSSR count). The van der Waals surface area contributed by atoms with Crippen molar-refractivity contribution in [2.75, 3.05) is 4.90 Å². The molecule has 9 aromatic carbocycles. The number of anilines is 3. The highest BCUT2D eigenvalue weighted by Gasteiger charge is 2.39. The van der Waals surface area contributed by atoms with Gasteiger partial charge in [-0.3, -0.25) is 0 Å². The summed E-state index contributed by atoms with van der Waals surface area (Å²) < 4.78 is 2.43. The molecule has 58 heavy (non-hydrogen) atoms. The lowest BCUT2D eigenvalue weighted by atomic mass is 9.78. The van der Waals surface area contributed by atoms with Crippen LogP contribution in [0.15, 0.2) is 182 Å². The second-order valence-corrected chi connectivity index (χ2v) is 17.4. The average molecular weight is 743 g/mol. The van der Waals surface area contributed by atoms with Gasteiger partial charge in [-0.2, -0.15) is 0 Å². The fourth-order valence-corrected chi connectivity index (χ4v) is 10.9. The van der Waals surface area contributed by atoms with E-state index < -0.39 is 0 Å². The van der Waals surface area contributed by atoms with Crippen LogP contribution < -0.4 is 4.90 Å². The number of aromatic nitrogens is 1. The van der Waals surface area contributed by atoms with E-state index in [1.165, 1.54) is 93.5 Å². The first-order chi connectivity index (χ1) is 28.3. The molecule has 1 aromatic heterocycles. The quantitative estimate of drug-likeness (QED) is 0.174. The predicted molar refractivity (Wildman–Crippen MR) is 246 cm³/mol. The van der Waals surface area contributed by atoms with Crippen molar-refractivity contribution in [1.29, 1.82) is 0 Å². The smallest absolute Gasteiger partial charge is 0.0547 e. The van der Waals surface area contributed by atoms with Crippen LogP contribution >= 0.6 is 0 Å². The minimum absolute atomic E-state index is 0.132. The topological polar surface area (TPSA) is 8.17 Å². The molecule has 2 heteroatoms. The maximum atomic E-state index is 2.48. The molecule has 0 saturated carbocycles. The molecule has 2 aliphatic carbocycles. The zero-order valence-corrected chi connectivity index (χ0v) is 33.2. The first kappa shape index (κ1) is 33.3. The minimum atomic E-state index is -0.193. The van der Waals surface area contributed by atoms with E-state index in [0.717, 1.165) is 17.1 Å². The van der Waals surface area contributed by atoms with E-state index in [4.69, 9.17) is 0 Å². The van der Waals surface area contributed by atoms with Gasteiger partial charge in [0.05, 0.1) is 11.0 Å². The molecule has 2 nitrogen and oxygen atoms in total. The number of fused-ring (bicyclic) bond motifs is 13. The standard InChI is InChI=1S/C56H42N2/c1-55(2)49-32-40(26-30-43(49)47-34-52-48(33-50(47)55)44-21-13-14-22-51(44)58(52)38-18-9-6-10-19-38)57(37-16-7-5-8-17-37)39-25-29-42-36(31-39)24-28-46-45-27-23-35-15-11-12-20-41(35)53(45)56(3,4)54(42)46/h5-34H,1-4H3. The maximum absolute atomic E-state index is 2.48. The molecule has 0 N–H and O–H groups in total. The molecule has 0 spiro atoms. The van der Waals surface area contributed by atoms with Crippen molar-refractivity contribution < 1.29 is 0 Å². The number of hydrogen-bond acceptors (Lipinski definition) is 1. The Balaban J connectivity index is 1.01. The molecule has 1 heterocycles. The lowest BCUT2D eigenvalue weighted by Crippen LogP contribution is -2.17. The lowest BCUT2D eigenvalue weighted by molar-refractivity contribution is 0.661. The highest BCUT2D eigenvalue weighted by molar-refractivity contribution is 6.12. The van der Waals surface area contributed by atoms with Gasteiger partial charge in [-0.15, -0.1) is 0 Å². The van der Waals surface area contributed by atoms with Gasteiger partial charge in [0.25, 0.3) is 0 Å². The van der Waals surface area contributed by atoms with Gasteiger partial charge >= 0.3 is 0 Å². The fraction of sp³-hybridized carbons (Fsp3) is 0.107. The molecule has 276 valence electrons. The van der Waals surface area contributed by atoms with E-state index in [1.807, 2.05) is 0 Å². The number of para-hydroxylation sites is 3. The van der Waals surface area contributed by atoms with Crippen molar-refractivity contribution in [2.24, 2.45) is 0 Å². The zero-order chi connectivity index (χ0) is 38.9. The van der Waals surface area contributed by atoms with Gasteiger partial charge in [-0.1, -0.05) is 143 Å². The van der Waals surface area contributed by atoms with Gasteiger partial charge in [-0.05, 0) is 133 Å². The molecule has 10 aromatic rings. The molecule has 0 saturated heterocycles. The van der Waals surface area contributed by atoms with E-state index in [2.05, 4.69) is 219 Å². The van der Waals surface area contributed by atoms with Crippen LogP contribution in [0, 0.1) is 0 Å². The molecule has 0 amide bonds. The Kier molecular flexibility index (Phi) is 6.78. The molecule has 0 radical (unpaired) electrons. The van der Waals surface area contributed by atoms with Crippen LogP contribution in [0.25, 0.3) is 71.3 Å². The minimum Gasteiger partial charge on any atom is -0.310 e. The van der Waals surface area contributed by atoms with E-state index in [9.17, 15) is 0 Å². The van der Waals surface area contributed by atoms with E-state index in [0.29, 0.717) is 0 Å². The maximum Gasteiger partial charge on any atom is 0.0547 e. The van der Waals surface area contributed by atoms with E-state index in [-0.39, 0.29) is 10.8 Å². The molecular formula is C56H42N2. The molecule has 0 bridgehead atoms. The molecule has 0 unspecified atom stereocenters. The van der Waals surface area contributed by atoms with Crippen LogP contribution in [0.5, 0.6) is 0 Å². The van der Waals surface area contributed by atoms with Crippen molar-refractivity contribution >= 4 is 60.4 Å².